The third-order valence-electron chi connectivity index (χ3n) is 3.23. The normalized spacial score (nSPS) is 10.6. The van der Waals surface area contributed by atoms with Crippen LogP contribution >= 0.6 is 11.6 Å². The number of anilines is 5. The van der Waals surface area contributed by atoms with E-state index in [0.29, 0.717) is 11.9 Å². The number of hydrogen-bond donors (Lipinski definition) is 3. The Kier molecular flexibility index (Phi) is 5.30. The summed E-state index contributed by atoms with van der Waals surface area (Å²) in [4.78, 5) is 12.5. The second kappa shape index (κ2) is 7.81. The monoisotopic (exact) mass is 354 g/mol. The van der Waals surface area contributed by atoms with E-state index in [9.17, 15) is 0 Å². The molecule has 0 saturated heterocycles. The molecule has 0 aliphatic rings. The van der Waals surface area contributed by atoms with Crippen LogP contribution in [0.4, 0.5) is 29.0 Å². The van der Waals surface area contributed by atoms with Crippen molar-refractivity contribution in [3.8, 4) is 0 Å². The molecule has 0 unspecified atom stereocenters. The van der Waals surface area contributed by atoms with Gasteiger partial charge in [-0.25, -0.2) is 0 Å². The Bertz CT molecular complexity index is 821. The molecule has 3 N–H and O–H groups in total. The second-order valence-electron chi connectivity index (χ2n) is 5.74. The third kappa shape index (κ3) is 5.06. The maximum absolute atomic E-state index is 5.96. The maximum atomic E-state index is 5.96. The van der Waals surface area contributed by atoms with Gasteiger partial charge in [0.15, 0.2) is 0 Å². The molecule has 0 spiro atoms. The van der Waals surface area contributed by atoms with Crippen LogP contribution in [-0.2, 0) is 0 Å². The zero-order valence-corrected chi connectivity index (χ0v) is 14.7. The van der Waals surface area contributed by atoms with E-state index in [1.807, 2.05) is 68.4 Å². The topological polar surface area (TPSA) is 74.8 Å². The van der Waals surface area contributed by atoms with Crippen LogP contribution in [0.1, 0.15) is 13.8 Å². The molecule has 6 nitrogen and oxygen atoms in total. The van der Waals surface area contributed by atoms with Gasteiger partial charge >= 0.3 is 0 Å². The Hall–Kier alpha value is -2.86. The van der Waals surface area contributed by atoms with Crippen LogP contribution in [0.3, 0.4) is 0 Å². The van der Waals surface area contributed by atoms with Crippen molar-refractivity contribution in [1.82, 2.24) is 15.0 Å². The number of halogens is 1. The average molecular weight is 355 g/mol. The number of aromatic nitrogens is 3. The van der Waals surface area contributed by atoms with Gasteiger partial charge in [-0.2, -0.15) is 15.0 Å². The van der Waals surface area contributed by atoms with Crippen molar-refractivity contribution < 1.29 is 0 Å². The van der Waals surface area contributed by atoms with Gasteiger partial charge in [0.2, 0.25) is 17.2 Å². The summed E-state index contributed by atoms with van der Waals surface area (Å²) in [6, 6.07) is 18.0. The Morgan fingerprint density at radius 3 is 1.92 bits per heavy atom. The average Bonchev–Trinajstić information content (AvgIpc) is 2.56. The summed E-state index contributed by atoms with van der Waals surface area (Å²) in [5.74, 6) is 0.840. The fraction of sp³-hybridized carbons (Fsp3) is 0.167. The number of hydrogen-bond acceptors (Lipinski definition) is 6. The van der Waals surface area contributed by atoms with E-state index in [1.54, 1.807) is 0 Å². The molecule has 0 radical (unpaired) electrons. The highest BCUT2D eigenvalue weighted by Gasteiger charge is 2.06. The quantitative estimate of drug-likeness (QED) is 0.588. The number of rotatable bonds is 6. The minimum atomic E-state index is 0.142. The lowest BCUT2D eigenvalue weighted by atomic mass is 10.2. The molecule has 0 bridgehead atoms. The van der Waals surface area contributed by atoms with E-state index in [0.717, 1.165) is 17.1 Å². The number of nitrogens with zero attached hydrogens (tertiary/aromatic N) is 3. The van der Waals surface area contributed by atoms with Gasteiger partial charge in [-0.1, -0.05) is 18.2 Å². The molecule has 2 aromatic carbocycles. The van der Waals surface area contributed by atoms with Crippen molar-refractivity contribution in [1.29, 1.82) is 0 Å². The SMILES string of the molecule is CC(C)Nc1nc(Cl)nc(Nc2ccc(Nc3ccccc3)cc2)n1. The van der Waals surface area contributed by atoms with Gasteiger partial charge in [-0.15, -0.1) is 0 Å². The molecule has 0 aliphatic heterocycles. The van der Waals surface area contributed by atoms with Gasteiger partial charge in [0.05, 0.1) is 0 Å². The van der Waals surface area contributed by atoms with E-state index in [2.05, 4.69) is 30.9 Å². The first-order valence-electron chi connectivity index (χ1n) is 7.96. The summed E-state index contributed by atoms with van der Waals surface area (Å²) >= 11 is 5.96. The molecular formula is C18H19ClN6. The van der Waals surface area contributed by atoms with Crippen LogP contribution in [0.25, 0.3) is 0 Å². The zero-order chi connectivity index (χ0) is 17.6. The minimum absolute atomic E-state index is 0.142. The van der Waals surface area contributed by atoms with Crippen molar-refractivity contribution in [2.75, 3.05) is 16.0 Å². The highest BCUT2D eigenvalue weighted by Crippen LogP contribution is 2.21. The Morgan fingerprint density at radius 1 is 0.720 bits per heavy atom. The van der Waals surface area contributed by atoms with E-state index in [1.165, 1.54) is 0 Å². The van der Waals surface area contributed by atoms with Crippen LogP contribution in [0.15, 0.2) is 54.6 Å². The molecule has 1 aromatic heterocycles. The summed E-state index contributed by atoms with van der Waals surface area (Å²) < 4.78 is 0. The van der Waals surface area contributed by atoms with Crippen molar-refractivity contribution in [2.24, 2.45) is 0 Å². The van der Waals surface area contributed by atoms with Crippen LogP contribution in [-0.4, -0.2) is 21.0 Å². The van der Waals surface area contributed by atoms with Gasteiger partial charge in [-0.05, 0) is 61.8 Å². The standard InChI is InChI=1S/C18H19ClN6/c1-12(2)20-17-23-16(19)24-18(25-17)22-15-10-8-14(9-11-15)21-13-6-4-3-5-7-13/h3-12,21H,1-2H3,(H2,20,22,23,24,25). The van der Waals surface area contributed by atoms with Gasteiger partial charge < -0.3 is 16.0 Å². The summed E-state index contributed by atoms with van der Waals surface area (Å²) in [7, 11) is 0. The van der Waals surface area contributed by atoms with Crippen LogP contribution in [0.2, 0.25) is 5.28 Å². The molecule has 25 heavy (non-hydrogen) atoms. The van der Waals surface area contributed by atoms with Crippen molar-refractivity contribution >= 4 is 40.6 Å². The highest BCUT2D eigenvalue weighted by atomic mass is 35.5. The predicted molar refractivity (Wildman–Crippen MR) is 103 cm³/mol. The van der Waals surface area contributed by atoms with Crippen LogP contribution in [0, 0.1) is 0 Å². The summed E-state index contributed by atoms with van der Waals surface area (Å²) in [6.07, 6.45) is 0. The first-order valence-corrected chi connectivity index (χ1v) is 8.33. The molecule has 128 valence electrons. The maximum Gasteiger partial charge on any atom is 0.233 e. The number of benzene rings is 2. The van der Waals surface area contributed by atoms with Crippen molar-refractivity contribution in [2.45, 2.75) is 19.9 Å². The lowest BCUT2D eigenvalue weighted by Gasteiger charge is -2.11. The van der Waals surface area contributed by atoms with E-state index < -0.39 is 0 Å². The van der Waals surface area contributed by atoms with E-state index in [4.69, 9.17) is 11.6 Å². The highest BCUT2D eigenvalue weighted by molar-refractivity contribution is 6.28. The fourth-order valence-electron chi connectivity index (χ4n) is 2.18. The van der Waals surface area contributed by atoms with Crippen molar-refractivity contribution in [3.63, 3.8) is 0 Å². The molecule has 7 heteroatoms. The molecule has 0 fully saturated rings. The summed E-state index contributed by atoms with van der Waals surface area (Å²) in [5, 5.41) is 9.72. The van der Waals surface area contributed by atoms with E-state index in [-0.39, 0.29) is 11.3 Å². The van der Waals surface area contributed by atoms with Gasteiger partial charge in [0, 0.05) is 23.1 Å². The first-order chi connectivity index (χ1) is 12.1. The third-order valence-corrected chi connectivity index (χ3v) is 3.40. The molecule has 3 rings (SSSR count). The number of nitrogens with one attached hydrogen (secondary N) is 3. The zero-order valence-electron chi connectivity index (χ0n) is 14.0. The molecule has 0 saturated carbocycles. The molecule has 0 amide bonds. The van der Waals surface area contributed by atoms with Gasteiger partial charge in [0.25, 0.3) is 0 Å². The first kappa shape index (κ1) is 17.0. The molecule has 1 heterocycles. The molecule has 3 aromatic rings. The molecule has 0 atom stereocenters. The van der Waals surface area contributed by atoms with E-state index >= 15 is 0 Å². The Morgan fingerprint density at radius 2 is 1.28 bits per heavy atom. The van der Waals surface area contributed by atoms with Crippen LogP contribution in [0.5, 0.6) is 0 Å². The smallest absolute Gasteiger partial charge is 0.233 e. The predicted octanol–water partition coefficient (Wildman–Crippen LogP) is 4.83. The largest absolute Gasteiger partial charge is 0.356 e. The Labute approximate surface area is 151 Å². The Balaban J connectivity index is 1.70. The van der Waals surface area contributed by atoms with Gasteiger partial charge in [0.1, 0.15) is 0 Å². The van der Waals surface area contributed by atoms with Crippen molar-refractivity contribution in [3.05, 3.63) is 59.9 Å². The summed E-state index contributed by atoms with van der Waals surface area (Å²) in [6.45, 7) is 4.01. The fourth-order valence-corrected chi connectivity index (χ4v) is 2.34. The second-order valence-corrected chi connectivity index (χ2v) is 6.08. The molecular weight excluding hydrogens is 336 g/mol. The number of para-hydroxylation sites is 1. The van der Waals surface area contributed by atoms with Gasteiger partial charge in [-0.3, -0.25) is 0 Å². The minimum Gasteiger partial charge on any atom is -0.356 e. The van der Waals surface area contributed by atoms with Crippen LogP contribution < -0.4 is 16.0 Å². The lowest BCUT2D eigenvalue weighted by Crippen LogP contribution is -2.14. The lowest BCUT2D eigenvalue weighted by molar-refractivity contribution is 0.868. The molecule has 0 aliphatic carbocycles. The summed E-state index contributed by atoms with van der Waals surface area (Å²) in [5.41, 5.74) is 2.89.